The zero-order valence-corrected chi connectivity index (χ0v) is 10.2. The molecule has 18 heavy (non-hydrogen) atoms. The SMILES string of the molecule is Clc1cccc2c(NCc3ccco3)ncnc12. The van der Waals surface area contributed by atoms with Gasteiger partial charge in [0, 0.05) is 5.39 Å². The van der Waals surface area contributed by atoms with Gasteiger partial charge in [-0.25, -0.2) is 9.97 Å². The summed E-state index contributed by atoms with van der Waals surface area (Å²) < 4.78 is 5.26. The molecule has 0 radical (unpaired) electrons. The Morgan fingerprint density at radius 1 is 1.17 bits per heavy atom. The van der Waals surface area contributed by atoms with Crippen LogP contribution in [0, 0.1) is 0 Å². The molecule has 0 amide bonds. The Balaban J connectivity index is 1.94. The third-order valence-electron chi connectivity index (χ3n) is 2.63. The van der Waals surface area contributed by atoms with Gasteiger partial charge in [-0.15, -0.1) is 0 Å². The molecule has 0 aliphatic rings. The van der Waals surface area contributed by atoms with Crippen LogP contribution in [-0.4, -0.2) is 9.97 Å². The molecule has 0 fully saturated rings. The Morgan fingerprint density at radius 3 is 2.94 bits per heavy atom. The number of hydrogen-bond donors (Lipinski definition) is 1. The highest BCUT2D eigenvalue weighted by atomic mass is 35.5. The molecule has 0 aliphatic heterocycles. The maximum Gasteiger partial charge on any atom is 0.137 e. The predicted molar refractivity (Wildman–Crippen MR) is 70.6 cm³/mol. The number of anilines is 1. The Labute approximate surface area is 109 Å². The molecule has 3 aromatic rings. The quantitative estimate of drug-likeness (QED) is 0.782. The van der Waals surface area contributed by atoms with Crippen molar-refractivity contribution in [3.05, 3.63) is 53.7 Å². The normalized spacial score (nSPS) is 10.7. The van der Waals surface area contributed by atoms with E-state index in [-0.39, 0.29) is 0 Å². The van der Waals surface area contributed by atoms with Gasteiger partial charge in [-0.3, -0.25) is 0 Å². The fraction of sp³-hybridized carbons (Fsp3) is 0.0769. The number of nitrogens with zero attached hydrogens (tertiary/aromatic N) is 2. The van der Waals surface area contributed by atoms with Crippen molar-refractivity contribution in [2.45, 2.75) is 6.54 Å². The lowest BCUT2D eigenvalue weighted by Crippen LogP contribution is -2.01. The summed E-state index contributed by atoms with van der Waals surface area (Å²) in [5.74, 6) is 1.60. The molecule has 5 heteroatoms. The first-order chi connectivity index (χ1) is 8.84. The maximum absolute atomic E-state index is 6.09. The third kappa shape index (κ3) is 2.02. The lowest BCUT2D eigenvalue weighted by molar-refractivity contribution is 0.518. The molecule has 2 aromatic heterocycles. The van der Waals surface area contributed by atoms with Crippen LogP contribution in [-0.2, 0) is 6.54 Å². The van der Waals surface area contributed by atoms with Crippen molar-refractivity contribution in [2.24, 2.45) is 0 Å². The first-order valence-electron chi connectivity index (χ1n) is 5.50. The van der Waals surface area contributed by atoms with Crippen LogP contribution in [0.15, 0.2) is 47.3 Å². The van der Waals surface area contributed by atoms with E-state index in [2.05, 4.69) is 15.3 Å². The van der Waals surface area contributed by atoms with Crippen LogP contribution in [0.25, 0.3) is 10.9 Å². The predicted octanol–water partition coefficient (Wildman–Crippen LogP) is 3.49. The number of halogens is 1. The third-order valence-corrected chi connectivity index (χ3v) is 2.93. The molecule has 2 heterocycles. The zero-order chi connectivity index (χ0) is 12.4. The van der Waals surface area contributed by atoms with Gasteiger partial charge >= 0.3 is 0 Å². The summed E-state index contributed by atoms with van der Waals surface area (Å²) in [7, 11) is 0. The molecule has 4 nitrogen and oxygen atoms in total. The van der Waals surface area contributed by atoms with Crippen molar-refractivity contribution >= 4 is 28.3 Å². The van der Waals surface area contributed by atoms with Crippen LogP contribution in [0.4, 0.5) is 5.82 Å². The second-order valence-electron chi connectivity index (χ2n) is 3.79. The zero-order valence-electron chi connectivity index (χ0n) is 9.43. The molecular formula is C13H10ClN3O. The second-order valence-corrected chi connectivity index (χ2v) is 4.20. The monoisotopic (exact) mass is 259 g/mol. The van der Waals surface area contributed by atoms with Gasteiger partial charge in [0.25, 0.3) is 0 Å². The van der Waals surface area contributed by atoms with E-state index in [1.54, 1.807) is 6.26 Å². The van der Waals surface area contributed by atoms with Crippen molar-refractivity contribution in [1.82, 2.24) is 9.97 Å². The fourth-order valence-electron chi connectivity index (χ4n) is 1.78. The summed E-state index contributed by atoms with van der Waals surface area (Å²) in [6.07, 6.45) is 3.14. The number of benzene rings is 1. The highest BCUT2D eigenvalue weighted by molar-refractivity contribution is 6.35. The van der Waals surface area contributed by atoms with E-state index in [0.29, 0.717) is 11.6 Å². The summed E-state index contributed by atoms with van der Waals surface area (Å²) in [4.78, 5) is 8.40. The van der Waals surface area contributed by atoms with Crippen molar-refractivity contribution in [3.63, 3.8) is 0 Å². The smallest absolute Gasteiger partial charge is 0.137 e. The number of hydrogen-bond acceptors (Lipinski definition) is 4. The topological polar surface area (TPSA) is 51.0 Å². The van der Waals surface area contributed by atoms with E-state index in [9.17, 15) is 0 Å². The summed E-state index contributed by atoms with van der Waals surface area (Å²) in [5, 5.41) is 4.73. The number of furan rings is 1. The Kier molecular flexibility index (Phi) is 2.86. The Hall–Kier alpha value is -2.07. The molecule has 1 aromatic carbocycles. The van der Waals surface area contributed by atoms with E-state index in [1.165, 1.54) is 6.33 Å². The van der Waals surface area contributed by atoms with Crippen LogP contribution >= 0.6 is 11.6 Å². The molecule has 0 unspecified atom stereocenters. The number of para-hydroxylation sites is 1. The molecule has 0 saturated carbocycles. The van der Waals surface area contributed by atoms with Crippen LogP contribution in [0.5, 0.6) is 0 Å². The van der Waals surface area contributed by atoms with Gasteiger partial charge in [0.1, 0.15) is 17.9 Å². The maximum atomic E-state index is 6.09. The second kappa shape index (κ2) is 4.66. The van der Waals surface area contributed by atoms with Gasteiger partial charge in [-0.05, 0) is 24.3 Å². The molecule has 0 bridgehead atoms. The molecule has 0 spiro atoms. The van der Waals surface area contributed by atoms with Crippen LogP contribution < -0.4 is 5.32 Å². The largest absolute Gasteiger partial charge is 0.467 e. The van der Waals surface area contributed by atoms with Gasteiger partial charge in [0.15, 0.2) is 0 Å². The summed E-state index contributed by atoms with van der Waals surface area (Å²) in [6.45, 7) is 0.575. The minimum Gasteiger partial charge on any atom is -0.467 e. The Morgan fingerprint density at radius 2 is 2.11 bits per heavy atom. The molecule has 90 valence electrons. The number of nitrogens with one attached hydrogen (secondary N) is 1. The van der Waals surface area contributed by atoms with Crippen molar-refractivity contribution in [1.29, 1.82) is 0 Å². The Bertz CT molecular complexity index is 667. The average Bonchev–Trinajstić information content (AvgIpc) is 2.90. The highest BCUT2D eigenvalue weighted by Crippen LogP contribution is 2.25. The number of fused-ring (bicyclic) bond motifs is 1. The average molecular weight is 260 g/mol. The van der Waals surface area contributed by atoms with Crippen LogP contribution in [0.2, 0.25) is 5.02 Å². The first kappa shape index (κ1) is 11.0. The van der Waals surface area contributed by atoms with Gasteiger partial charge in [-0.2, -0.15) is 0 Å². The highest BCUT2D eigenvalue weighted by Gasteiger charge is 2.06. The molecule has 0 atom stereocenters. The molecule has 1 N–H and O–H groups in total. The van der Waals surface area contributed by atoms with E-state index < -0.39 is 0 Å². The molecular weight excluding hydrogens is 250 g/mol. The summed E-state index contributed by atoms with van der Waals surface area (Å²) in [5.41, 5.74) is 0.746. The van der Waals surface area contributed by atoms with E-state index in [1.807, 2.05) is 30.3 Å². The van der Waals surface area contributed by atoms with Gasteiger partial charge in [-0.1, -0.05) is 17.7 Å². The van der Waals surface area contributed by atoms with Crippen molar-refractivity contribution < 1.29 is 4.42 Å². The standard InChI is InChI=1S/C13H10ClN3O/c14-11-5-1-4-10-12(11)16-8-17-13(10)15-7-9-3-2-6-18-9/h1-6,8H,7H2,(H,15,16,17). The molecule has 0 aliphatic carbocycles. The number of rotatable bonds is 3. The van der Waals surface area contributed by atoms with Crippen LogP contribution in [0.3, 0.4) is 0 Å². The van der Waals surface area contributed by atoms with Crippen molar-refractivity contribution in [2.75, 3.05) is 5.32 Å². The van der Waals surface area contributed by atoms with Crippen LogP contribution in [0.1, 0.15) is 5.76 Å². The summed E-state index contributed by atoms with van der Waals surface area (Å²) >= 11 is 6.09. The lowest BCUT2D eigenvalue weighted by atomic mass is 10.2. The molecule has 0 saturated heterocycles. The summed E-state index contributed by atoms with van der Waals surface area (Å²) in [6, 6.07) is 9.39. The fourth-order valence-corrected chi connectivity index (χ4v) is 2.00. The lowest BCUT2D eigenvalue weighted by Gasteiger charge is -2.07. The van der Waals surface area contributed by atoms with E-state index in [4.69, 9.17) is 16.0 Å². The number of aromatic nitrogens is 2. The minimum atomic E-state index is 0.575. The minimum absolute atomic E-state index is 0.575. The van der Waals surface area contributed by atoms with Gasteiger partial charge in [0.05, 0.1) is 23.3 Å². The van der Waals surface area contributed by atoms with Gasteiger partial charge < -0.3 is 9.73 Å². The van der Waals surface area contributed by atoms with Crippen molar-refractivity contribution in [3.8, 4) is 0 Å². The van der Waals surface area contributed by atoms with Gasteiger partial charge in [0.2, 0.25) is 0 Å². The first-order valence-corrected chi connectivity index (χ1v) is 5.88. The molecule has 3 rings (SSSR count). The van der Waals surface area contributed by atoms with E-state index in [0.717, 1.165) is 22.5 Å². The van der Waals surface area contributed by atoms with E-state index >= 15 is 0 Å².